The number of phenolic OH excluding ortho intramolecular Hbond substituents is 6. The molecule has 0 saturated carbocycles. The van der Waals surface area contributed by atoms with E-state index in [0.717, 1.165) is 47.0 Å². The zero-order valence-corrected chi connectivity index (χ0v) is 62.2. The summed E-state index contributed by atoms with van der Waals surface area (Å²) < 4.78 is 19.3. The number of fused-ring (bicyclic) bond motifs is 14. The van der Waals surface area contributed by atoms with Gasteiger partial charge in [-0.25, -0.2) is 0 Å². The summed E-state index contributed by atoms with van der Waals surface area (Å²) in [6.07, 6.45) is -2.02. The first-order valence-electron chi connectivity index (χ1n) is 36.1. The summed E-state index contributed by atoms with van der Waals surface area (Å²) in [5, 5.41) is 104. The fraction of sp³-hybridized carbons (Fsp3) is 0.256. The van der Waals surface area contributed by atoms with E-state index < -0.39 is 136 Å². The second-order valence-electron chi connectivity index (χ2n) is 29.3. The van der Waals surface area contributed by atoms with Crippen molar-refractivity contribution in [2.45, 2.75) is 74.3 Å². The molecule has 1 fully saturated rings. The Bertz CT molecular complexity index is 5230. The van der Waals surface area contributed by atoms with Crippen LogP contribution < -0.4 is 57.2 Å². The van der Waals surface area contributed by atoms with Crippen LogP contribution in [0.3, 0.4) is 0 Å². The molecular formula is C82H80Cl2N11O17+. The largest absolute Gasteiger partial charge is 0.508 e. The molecule has 28 nitrogen and oxygen atoms in total. The lowest BCUT2D eigenvalue weighted by atomic mass is 9.87. The second-order valence-corrected chi connectivity index (χ2v) is 30.1. The lowest BCUT2D eigenvalue weighted by Crippen LogP contribution is -2.56. The second kappa shape index (κ2) is 31.7. The number of hydrogen-bond donors (Lipinski definition) is 15. The number of amides is 7. The van der Waals surface area contributed by atoms with Gasteiger partial charge >= 0.3 is 0 Å². The molecule has 0 aromatic heterocycles. The number of phenols is 6. The Hall–Kier alpha value is -12.2. The number of ether oxygens (including phenoxy) is 3. The van der Waals surface area contributed by atoms with E-state index in [1.807, 2.05) is 56.4 Å². The molecule has 0 unspecified atom stereocenters. The number of carbonyl (C=O) groups excluding carboxylic acids is 7. The van der Waals surface area contributed by atoms with E-state index >= 15 is 28.8 Å². The van der Waals surface area contributed by atoms with Crippen molar-refractivity contribution in [3.63, 3.8) is 0 Å². The predicted octanol–water partition coefficient (Wildman–Crippen LogP) is 8.10. The fourth-order valence-electron chi connectivity index (χ4n) is 14.4. The molecule has 7 aliphatic heterocycles. The highest BCUT2D eigenvalue weighted by molar-refractivity contribution is 6.32. The Morgan fingerprint density at radius 1 is 0.527 bits per heavy atom. The highest BCUT2D eigenvalue weighted by atomic mass is 35.5. The average molecular weight is 1560 g/mol. The van der Waals surface area contributed by atoms with Crippen LogP contribution in [0.5, 0.6) is 69.0 Å². The van der Waals surface area contributed by atoms with Gasteiger partial charge in [-0.2, -0.15) is 0 Å². The van der Waals surface area contributed by atoms with Gasteiger partial charge in [-0.05, 0) is 134 Å². The smallest absolute Gasteiger partial charge is 0.248 e. The third-order valence-corrected chi connectivity index (χ3v) is 20.9. The van der Waals surface area contributed by atoms with E-state index in [2.05, 4.69) is 66.4 Å². The molecule has 30 heteroatoms. The van der Waals surface area contributed by atoms with Crippen LogP contribution in [0.15, 0.2) is 164 Å². The topological polar surface area (TPSA) is 406 Å². The van der Waals surface area contributed by atoms with Crippen molar-refractivity contribution >= 4 is 64.6 Å². The number of hydrogen-bond acceptors (Lipinski definition) is 20. The number of halogens is 2. The van der Waals surface area contributed by atoms with E-state index in [1.54, 1.807) is 0 Å². The first-order valence-corrected chi connectivity index (χ1v) is 36.8. The number of nitrogens with two attached hydrogens (primary N) is 1. The summed E-state index contributed by atoms with van der Waals surface area (Å²) in [5.74, 6) is -13.2. The number of quaternary nitrogens is 1. The van der Waals surface area contributed by atoms with Crippen LogP contribution in [0.2, 0.25) is 10.0 Å². The molecule has 17 bridgehead atoms. The normalized spacial score (nSPS) is 20.8. The van der Waals surface area contributed by atoms with Crippen LogP contribution in [-0.4, -0.2) is 164 Å². The van der Waals surface area contributed by atoms with Crippen molar-refractivity contribution in [2.24, 2.45) is 5.73 Å². The zero-order chi connectivity index (χ0) is 79.1. The number of aliphatic hydroxyl groups excluding tert-OH is 1. The summed E-state index contributed by atoms with van der Waals surface area (Å²) in [4.78, 5) is 113. The standard InChI is InChI=1S/C82H79Cl2N11O17/c1-95(2,3)27-7-22-86-78(105)71-53-38-60(99)54(40-94-25-23-93(24-26-94)39-41-10-13-44(14-11-41)43-8-5-4-6-9-43)74(101)66(53)52-32-46(16-18-58(52)97)68-79(106)92-72(82(109)91-71)73(100)47-17-21-62(56(84)33-47)112-65-36-49-35-64(75(65)102)111-61-20-12-42(28-55(61)83)29-57-76(103)88-69(80(107)90-70(49)81(108)89-68)48-30-50(96)37-51(31-48)110-63-34-45(15-19-59(63)98)67(85)77(104)87-57/h4-6,8-21,28,30-38,57,67-73,100H,7,22-27,29,39-40,85H2,1-3H3,(H12-,86,87,88,89,90,91,92,96,97,98,99,101,102,103,104,105,106,107,108,109)/p+1/t57-,67+,68-,69+,70-,71+,72+,73-/m1/s1. The van der Waals surface area contributed by atoms with Gasteiger partial charge in [0.2, 0.25) is 47.1 Å². The van der Waals surface area contributed by atoms with Gasteiger partial charge < -0.3 is 97.4 Å². The van der Waals surface area contributed by atoms with E-state index in [1.165, 1.54) is 78.9 Å². The molecule has 112 heavy (non-hydrogen) atoms. The maximum Gasteiger partial charge on any atom is 0.248 e. The monoisotopic (exact) mass is 1560 g/mol. The molecule has 0 radical (unpaired) electrons. The Labute approximate surface area is 651 Å². The van der Waals surface area contributed by atoms with E-state index in [-0.39, 0.29) is 103 Å². The minimum Gasteiger partial charge on any atom is -0.508 e. The highest BCUT2D eigenvalue weighted by Gasteiger charge is 2.42. The predicted molar refractivity (Wildman–Crippen MR) is 410 cm³/mol. The lowest BCUT2D eigenvalue weighted by molar-refractivity contribution is -0.870. The Morgan fingerprint density at radius 3 is 1.79 bits per heavy atom. The van der Waals surface area contributed by atoms with E-state index in [4.69, 9.17) is 43.1 Å². The van der Waals surface area contributed by atoms with Crippen LogP contribution in [0, 0.1) is 0 Å². The van der Waals surface area contributed by atoms with Crippen molar-refractivity contribution in [3.05, 3.63) is 224 Å². The number of rotatable bonds is 10. The Balaban J connectivity index is 0.907. The summed E-state index contributed by atoms with van der Waals surface area (Å²) in [6, 6.07) is 27.2. The Kier molecular flexibility index (Phi) is 21.7. The van der Waals surface area contributed by atoms with Crippen LogP contribution in [0.25, 0.3) is 22.3 Å². The molecule has 0 spiro atoms. The minimum absolute atomic E-state index is 0.0480. The van der Waals surface area contributed by atoms with Gasteiger partial charge in [0.05, 0.1) is 43.3 Å². The van der Waals surface area contributed by atoms with E-state index in [0.29, 0.717) is 55.7 Å². The molecular weight excluding hydrogens is 1480 g/mol. The van der Waals surface area contributed by atoms with Gasteiger partial charge in [0.1, 0.15) is 88.6 Å². The quantitative estimate of drug-likeness (QED) is 0.0454. The van der Waals surface area contributed by atoms with Crippen molar-refractivity contribution in [1.29, 1.82) is 0 Å². The highest BCUT2D eigenvalue weighted by Crippen LogP contribution is 2.50. The summed E-state index contributed by atoms with van der Waals surface area (Å²) in [5.41, 5.74) is 8.39. The SMILES string of the molecule is C[N+](C)(C)CCCNC(=O)[C@H]1NC(=O)[C@H]2NC(=O)[C@H](NC(=O)[C@@H]3NC(=O)[C@H]4NC(=O)[C@@H](Cc5ccc(c(Cl)c5)Oc5cc3cc(c5O)Oc3ccc(cc3Cl)[C@H]2O)NC(=O)[C@@H](N)c2ccc(O)c(c2)Oc2cc(O)cc4c2)c2ccc(O)c(c2)-c2c1cc(O)c(CN1CCN(Cc3ccc(-c4ccccc4)cc3)CC1)c2O. The lowest BCUT2D eigenvalue weighted by Gasteiger charge is -2.35. The number of benzene rings is 9. The third kappa shape index (κ3) is 16.5. The number of carbonyl (C=O) groups is 7. The van der Waals surface area contributed by atoms with Gasteiger partial charge in [0, 0.05) is 75.8 Å². The summed E-state index contributed by atoms with van der Waals surface area (Å²) >= 11 is 14.0. The van der Waals surface area contributed by atoms with Crippen molar-refractivity contribution in [2.75, 3.05) is 60.4 Å². The number of nitrogens with zero attached hydrogens (tertiary/aromatic N) is 3. The number of nitrogens with one attached hydrogen (secondary N) is 7. The molecule has 0 aliphatic carbocycles. The van der Waals surface area contributed by atoms with Crippen molar-refractivity contribution in [1.82, 2.24) is 47.0 Å². The molecule has 7 aliphatic rings. The van der Waals surface area contributed by atoms with Crippen molar-refractivity contribution < 1.29 is 88.0 Å². The van der Waals surface area contributed by atoms with Crippen LogP contribution in [0.4, 0.5) is 0 Å². The first-order chi connectivity index (χ1) is 53.6. The third-order valence-electron chi connectivity index (χ3n) is 20.4. The van der Waals surface area contributed by atoms with Crippen LogP contribution in [-0.2, 0) is 53.1 Å². The van der Waals surface area contributed by atoms with Gasteiger partial charge in [-0.1, -0.05) is 102 Å². The molecule has 578 valence electrons. The molecule has 9 aromatic rings. The minimum atomic E-state index is -2.18. The van der Waals surface area contributed by atoms with Gasteiger partial charge in [-0.3, -0.25) is 43.4 Å². The maximum absolute atomic E-state index is 16.3. The summed E-state index contributed by atoms with van der Waals surface area (Å²) in [6.45, 7) is 3.24. The number of piperazine rings is 1. The van der Waals surface area contributed by atoms with Gasteiger partial charge in [0.15, 0.2) is 23.0 Å². The van der Waals surface area contributed by atoms with E-state index in [9.17, 15) is 40.5 Å². The molecule has 1 saturated heterocycles. The fourth-order valence-corrected chi connectivity index (χ4v) is 14.8. The maximum atomic E-state index is 16.3. The average Bonchev–Trinajstić information content (AvgIpc) is 0.759. The van der Waals surface area contributed by atoms with Crippen LogP contribution >= 0.6 is 23.2 Å². The molecule has 16 rings (SSSR count). The molecule has 16 N–H and O–H groups in total. The number of aromatic hydroxyl groups is 6. The first kappa shape index (κ1) is 76.6. The molecule has 7 heterocycles. The molecule has 7 amide bonds. The number of aliphatic hydroxyl groups is 1. The zero-order valence-electron chi connectivity index (χ0n) is 60.7. The van der Waals surface area contributed by atoms with Gasteiger partial charge in [0.25, 0.3) is 0 Å². The molecule has 9 aromatic carbocycles. The van der Waals surface area contributed by atoms with Crippen LogP contribution in [0.1, 0.15) is 92.8 Å². The molecule has 8 atom stereocenters. The summed E-state index contributed by atoms with van der Waals surface area (Å²) in [7, 11) is 5.87. The van der Waals surface area contributed by atoms with Crippen molar-refractivity contribution in [3.8, 4) is 91.2 Å². The van der Waals surface area contributed by atoms with Gasteiger partial charge in [-0.15, -0.1) is 0 Å². The Morgan fingerprint density at radius 2 is 1.12 bits per heavy atom.